The van der Waals surface area contributed by atoms with E-state index in [0.717, 1.165) is 38.1 Å². The number of Topliss-reactive ketones (excluding diaryl/α,β-unsaturated/α-hetero) is 1. The number of rotatable bonds is 4. The highest BCUT2D eigenvalue weighted by molar-refractivity contribution is 6.32. The number of aryl methyl sites for hydroxylation is 1. The van der Waals surface area contributed by atoms with Crippen LogP contribution in [0.15, 0.2) is 24.5 Å². The Bertz CT molecular complexity index is 1060. The van der Waals surface area contributed by atoms with Gasteiger partial charge in [0, 0.05) is 32.9 Å². The molecule has 1 amide bonds. The van der Waals surface area contributed by atoms with Crippen molar-refractivity contribution in [2.24, 2.45) is 7.05 Å². The minimum Gasteiger partial charge on any atom is -0.338 e. The highest BCUT2D eigenvalue weighted by Crippen LogP contribution is 2.20. The molecule has 0 unspecified atom stereocenters. The molecule has 0 aromatic carbocycles. The summed E-state index contributed by atoms with van der Waals surface area (Å²) in [6.07, 6.45) is 4.41. The van der Waals surface area contributed by atoms with Gasteiger partial charge in [0.05, 0.1) is 17.4 Å². The van der Waals surface area contributed by atoms with E-state index in [2.05, 4.69) is 30.7 Å². The van der Waals surface area contributed by atoms with Crippen LogP contribution in [-0.4, -0.2) is 68.9 Å². The second-order valence-electron chi connectivity index (χ2n) is 7.00. The largest absolute Gasteiger partial charge is 0.338 e. The van der Waals surface area contributed by atoms with Crippen molar-refractivity contribution in [2.45, 2.75) is 13.3 Å². The van der Waals surface area contributed by atoms with Crippen LogP contribution in [-0.2, 0) is 11.8 Å². The van der Waals surface area contributed by atoms with Crippen molar-refractivity contribution in [3.05, 3.63) is 35.4 Å². The first-order valence-electron chi connectivity index (χ1n) is 9.75. The zero-order valence-corrected chi connectivity index (χ0v) is 18.1. The lowest BCUT2D eigenvalue weighted by molar-refractivity contribution is -0.117. The molecule has 10 nitrogen and oxygen atoms in total. The summed E-state index contributed by atoms with van der Waals surface area (Å²) in [5.41, 5.74) is 1.63. The van der Waals surface area contributed by atoms with Crippen LogP contribution >= 0.6 is 11.6 Å². The van der Waals surface area contributed by atoms with Crippen LogP contribution in [0.25, 0.3) is 5.52 Å². The van der Waals surface area contributed by atoms with E-state index in [0.29, 0.717) is 17.3 Å². The van der Waals surface area contributed by atoms with Gasteiger partial charge in [-0.1, -0.05) is 11.6 Å². The zero-order chi connectivity index (χ0) is 22.4. The van der Waals surface area contributed by atoms with Gasteiger partial charge in [0.1, 0.15) is 12.4 Å². The Balaban J connectivity index is 0.000000491. The van der Waals surface area contributed by atoms with Gasteiger partial charge in [0.15, 0.2) is 10.9 Å². The number of fused-ring (bicyclic) bond motifs is 1. The summed E-state index contributed by atoms with van der Waals surface area (Å²) < 4.78 is 13.9. The molecule has 3 aromatic heterocycles. The van der Waals surface area contributed by atoms with Gasteiger partial charge in [-0.3, -0.25) is 14.3 Å². The number of aromatic nitrogens is 5. The Morgan fingerprint density at radius 2 is 2.03 bits per heavy atom. The molecular formula is C19H24ClFN8O2. The monoisotopic (exact) mass is 450 g/mol. The van der Waals surface area contributed by atoms with E-state index in [1.54, 1.807) is 34.7 Å². The summed E-state index contributed by atoms with van der Waals surface area (Å²) in [7, 11) is 1.74. The molecule has 31 heavy (non-hydrogen) atoms. The molecule has 0 aliphatic carbocycles. The molecule has 12 heteroatoms. The zero-order valence-electron chi connectivity index (χ0n) is 17.3. The quantitative estimate of drug-likeness (QED) is 0.622. The predicted octanol–water partition coefficient (Wildman–Crippen LogP) is 1.71. The molecular weight excluding hydrogens is 427 g/mol. The molecule has 1 aliphatic heterocycles. The van der Waals surface area contributed by atoms with Crippen LogP contribution < -0.4 is 15.5 Å². The van der Waals surface area contributed by atoms with Crippen LogP contribution in [0.4, 0.5) is 16.0 Å². The lowest BCUT2D eigenvalue weighted by atomic mass is 10.4. The van der Waals surface area contributed by atoms with Gasteiger partial charge in [-0.2, -0.15) is 5.10 Å². The number of carbonyl (C=O) groups is 2. The summed E-state index contributed by atoms with van der Waals surface area (Å²) in [5, 5.41) is 15.0. The van der Waals surface area contributed by atoms with E-state index in [1.807, 2.05) is 6.07 Å². The normalized spacial score (nSPS) is 14.0. The summed E-state index contributed by atoms with van der Waals surface area (Å²) >= 11 is 6.02. The maximum atomic E-state index is 12.7. The SMILES string of the molecule is CC(=O)CF.Cn1cc(NC(=O)c2ccc3cnc(N4CCCNCC4)nn23)c(Cl)n1. The van der Waals surface area contributed by atoms with Gasteiger partial charge < -0.3 is 15.5 Å². The molecule has 4 rings (SSSR count). The molecule has 1 aliphatic rings. The summed E-state index contributed by atoms with van der Waals surface area (Å²) in [4.78, 5) is 28.7. The van der Waals surface area contributed by atoms with Gasteiger partial charge in [-0.15, -0.1) is 5.10 Å². The molecule has 1 fully saturated rings. The average Bonchev–Trinajstić information content (AvgIpc) is 3.18. The van der Waals surface area contributed by atoms with Crippen molar-refractivity contribution in [2.75, 3.05) is 43.1 Å². The third kappa shape index (κ3) is 5.76. The molecule has 0 atom stereocenters. The van der Waals surface area contributed by atoms with Crippen molar-refractivity contribution >= 4 is 40.4 Å². The number of hydrogen-bond donors (Lipinski definition) is 2. The van der Waals surface area contributed by atoms with E-state index in [-0.39, 0.29) is 11.1 Å². The molecule has 0 bridgehead atoms. The fourth-order valence-electron chi connectivity index (χ4n) is 2.99. The fraction of sp³-hybridized carbons (Fsp3) is 0.421. The second kappa shape index (κ2) is 10.3. The van der Waals surface area contributed by atoms with Crippen LogP contribution in [0.5, 0.6) is 0 Å². The number of alkyl halides is 1. The van der Waals surface area contributed by atoms with Gasteiger partial charge in [-0.05, 0) is 32.0 Å². The summed E-state index contributed by atoms with van der Waals surface area (Å²) in [6, 6.07) is 3.53. The Morgan fingerprint density at radius 3 is 2.71 bits per heavy atom. The first-order valence-corrected chi connectivity index (χ1v) is 10.1. The van der Waals surface area contributed by atoms with E-state index in [1.165, 1.54) is 6.92 Å². The summed E-state index contributed by atoms with van der Waals surface area (Å²) in [5.74, 6) is -0.0991. The number of ketones is 1. The van der Waals surface area contributed by atoms with Crippen molar-refractivity contribution in [3.8, 4) is 0 Å². The van der Waals surface area contributed by atoms with Crippen LogP contribution in [0.2, 0.25) is 5.15 Å². The number of carbonyl (C=O) groups excluding carboxylic acids is 2. The Hall–Kier alpha value is -3.05. The predicted molar refractivity (Wildman–Crippen MR) is 116 cm³/mol. The maximum absolute atomic E-state index is 12.7. The van der Waals surface area contributed by atoms with Crippen molar-refractivity contribution in [1.82, 2.24) is 29.7 Å². The molecule has 0 spiro atoms. The van der Waals surface area contributed by atoms with Gasteiger partial charge in [-0.25, -0.2) is 13.9 Å². The summed E-state index contributed by atoms with van der Waals surface area (Å²) in [6.45, 7) is 3.97. The van der Waals surface area contributed by atoms with E-state index in [9.17, 15) is 14.0 Å². The van der Waals surface area contributed by atoms with Crippen molar-refractivity contribution in [3.63, 3.8) is 0 Å². The highest BCUT2D eigenvalue weighted by Gasteiger charge is 2.18. The first-order chi connectivity index (χ1) is 14.9. The van der Waals surface area contributed by atoms with Crippen LogP contribution in [0.3, 0.4) is 0 Å². The highest BCUT2D eigenvalue weighted by atomic mass is 35.5. The topological polar surface area (TPSA) is 109 Å². The third-order valence-corrected chi connectivity index (χ3v) is 4.74. The number of nitrogens with zero attached hydrogens (tertiary/aromatic N) is 6. The maximum Gasteiger partial charge on any atom is 0.274 e. The fourth-order valence-corrected chi connectivity index (χ4v) is 3.20. The van der Waals surface area contributed by atoms with Gasteiger partial charge in [0.2, 0.25) is 5.95 Å². The van der Waals surface area contributed by atoms with Gasteiger partial charge >= 0.3 is 0 Å². The molecule has 2 N–H and O–H groups in total. The molecule has 0 saturated carbocycles. The van der Waals surface area contributed by atoms with Crippen molar-refractivity contribution < 1.29 is 14.0 Å². The smallest absolute Gasteiger partial charge is 0.274 e. The molecule has 166 valence electrons. The molecule has 0 radical (unpaired) electrons. The lowest BCUT2D eigenvalue weighted by Gasteiger charge is -2.19. The Morgan fingerprint density at radius 1 is 1.26 bits per heavy atom. The number of hydrogen-bond acceptors (Lipinski definition) is 7. The minimum atomic E-state index is -0.833. The second-order valence-corrected chi connectivity index (χ2v) is 7.36. The Labute approximate surface area is 183 Å². The molecule has 1 saturated heterocycles. The number of amides is 1. The van der Waals surface area contributed by atoms with Crippen LogP contribution in [0.1, 0.15) is 23.8 Å². The van der Waals surface area contributed by atoms with Gasteiger partial charge in [0.25, 0.3) is 5.91 Å². The van der Waals surface area contributed by atoms with Crippen LogP contribution in [0, 0.1) is 0 Å². The van der Waals surface area contributed by atoms with E-state index >= 15 is 0 Å². The standard InChI is InChI=1S/C16H19ClN8O.C3H5FO/c1-23-10-12(14(17)21-23)20-15(26)13-4-3-11-9-19-16(22-25(11)13)24-7-2-5-18-6-8-24;1-3(5)2-4/h3-4,9-10,18H,2,5-8H2,1H3,(H,20,26);2H2,1H3. The Kier molecular flexibility index (Phi) is 7.53. The lowest BCUT2D eigenvalue weighted by Crippen LogP contribution is -2.30. The first kappa shape index (κ1) is 22.6. The average molecular weight is 451 g/mol. The number of nitrogens with one attached hydrogen (secondary N) is 2. The van der Waals surface area contributed by atoms with E-state index in [4.69, 9.17) is 11.6 Å². The minimum absolute atomic E-state index is 0.245. The van der Waals surface area contributed by atoms with Crippen molar-refractivity contribution in [1.29, 1.82) is 0 Å². The number of halogens is 2. The van der Waals surface area contributed by atoms with E-state index < -0.39 is 12.5 Å². The number of anilines is 2. The molecule has 4 heterocycles. The molecule has 3 aromatic rings. The third-order valence-electron chi connectivity index (χ3n) is 4.46.